The van der Waals surface area contributed by atoms with Crippen LogP contribution in [0, 0.1) is 0 Å². The first-order valence-electron chi connectivity index (χ1n) is 20.4. The summed E-state index contributed by atoms with van der Waals surface area (Å²) >= 11 is 0. The molecule has 1 aromatic heterocycles. The van der Waals surface area contributed by atoms with E-state index >= 15 is 0 Å². The zero-order valence-corrected chi connectivity index (χ0v) is 33.0. The van der Waals surface area contributed by atoms with Crippen molar-refractivity contribution in [2.24, 2.45) is 0 Å². The Hall–Kier alpha value is -7.42. The van der Waals surface area contributed by atoms with Crippen molar-refractivity contribution in [3.8, 4) is 78.4 Å². The molecule has 1 aliphatic rings. The highest BCUT2D eigenvalue weighted by molar-refractivity contribution is 6.06. The van der Waals surface area contributed by atoms with E-state index in [2.05, 4.69) is 214 Å². The van der Waals surface area contributed by atoms with Gasteiger partial charge in [-0.1, -0.05) is 190 Å². The fourth-order valence-electron chi connectivity index (χ4n) is 9.25. The first kappa shape index (κ1) is 34.8. The average Bonchev–Trinajstić information content (AvgIpc) is 3.52. The van der Waals surface area contributed by atoms with E-state index < -0.39 is 0 Å². The average molecular weight is 753 g/mol. The Labute approximate surface area is 345 Å². The maximum absolute atomic E-state index is 5.34. The van der Waals surface area contributed by atoms with Gasteiger partial charge in [-0.2, -0.15) is 0 Å². The lowest BCUT2D eigenvalue weighted by molar-refractivity contribution is 0.661. The minimum absolute atomic E-state index is 0.0820. The molecule has 0 radical (unpaired) electrons. The van der Waals surface area contributed by atoms with Crippen molar-refractivity contribution in [1.29, 1.82) is 0 Å². The third-order valence-corrected chi connectivity index (χ3v) is 12.3. The molecule has 2 nitrogen and oxygen atoms in total. The minimum Gasteiger partial charge on any atom is -0.228 e. The lowest BCUT2D eigenvalue weighted by Gasteiger charge is -2.22. The highest BCUT2D eigenvalue weighted by Gasteiger charge is 2.36. The second-order valence-corrected chi connectivity index (χ2v) is 16.2. The van der Waals surface area contributed by atoms with Crippen LogP contribution in [0.25, 0.3) is 100.0 Å². The van der Waals surface area contributed by atoms with Crippen LogP contribution in [0.1, 0.15) is 25.0 Å². The van der Waals surface area contributed by atoms with Crippen LogP contribution in [0.3, 0.4) is 0 Å². The van der Waals surface area contributed by atoms with Gasteiger partial charge in [-0.05, 0) is 108 Å². The molecule has 0 saturated heterocycles. The smallest absolute Gasteiger partial charge is 0.160 e. The molecule has 9 aromatic carbocycles. The van der Waals surface area contributed by atoms with Crippen molar-refractivity contribution in [2.75, 3.05) is 0 Å². The number of fused-ring (bicyclic) bond motifs is 5. The van der Waals surface area contributed by atoms with Gasteiger partial charge < -0.3 is 0 Å². The summed E-state index contributed by atoms with van der Waals surface area (Å²) in [7, 11) is 0. The van der Waals surface area contributed by atoms with Crippen LogP contribution in [-0.2, 0) is 5.41 Å². The predicted molar refractivity (Wildman–Crippen MR) is 247 cm³/mol. The van der Waals surface area contributed by atoms with Crippen LogP contribution < -0.4 is 0 Å². The second-order valence-electron chi connectivity index (χ2n) is 16.2. The molecule has 59 heavy (non-hydrogen) atoms. The summed E-state index contributed by atoms with van der Waals surface area (Å²) in [5, 5.41) is 4.91. The molecule has 0 N–H and O–H groups in total. The van der Waals surface area contributed by atoms with Gasteiger partial charge in [0.05, 0.1) is 11.4 Å². The summed E-state index contributed by atoms with van der Waals surface area (Å²) in [5.74, 6) is 0.697. The summed E-state index contributed by atoms with van der Waals surface area (Å²) in [4.78, 5) is 10.7. The van der Waals surface area contributed by atoms with E-state index in [-0.39, 0.29) is 5.41 Å². The molecular formula is C57H40N2. The summed E-state index contributed by atoms with van der Waals surface area (Å²) in [5.41, 5.74) is 17.2. The van der Waals surface area contributed by atoms with E-state index in [0.29, 0.717) is 5.82 Å². The van der Waals surface area contributed by atoms with E-state index in [1.807, 2.05) is 6.07 Å². The molecule has 2 heteroatoms. The molecule has 11 rings (SSSR count). The summed E-state index contributed by atoms with van der Waals surface area (Å²) in [6.45, 7) is 4.72. The Bertz CT molecular complexity index is 3220. The highest BCUT2D eigenvalue weighted by Crippen LogP contribution is 2.51. The number of rotatable bonds is 6. The van der Waals surface area contributed by atoms with Crippen LogP contribution in [0.5, 0.6) is 0 Å². The molecule has 278 valence electrons. The molecule has 10 aromatic rings. The van der Waals surface area contributed by atoms with Crippen LogP contribution >= 0.6 is 0 Å². The van der Waals surface area contributed by atoms with Crippen molar-refractivity contribution < 1.29 is 0 Å². The summed E-state index contributed by atoms with van der Waals surface area (Å²) < 4.78 is 0. The Morgan fingerprint density at radius 2 is 0.814 bits per heavy atom. The molecule has 0 bridgehead atoms. The number of aromatic nitrogens is 2. The van der Waals surface area contributed by atoms with E-state index in [9.17, 15) is 0 Å². The summed E-state index contributed by atoms with van der Waals surface area (Å²) in [6.07, 6.45) is 0. The van der Waals surface area contributed by atoms with Gasteiger partial charge in [-0.3, -0.25) is 0 Å². The molecule has 0 atom stereocenters. The zero-order valence-electron chi connectivity index (χ0n) is 33.0. The van der Waals surface area contributed by atoms with Gasteiger partial charge in [0, 0.05) is 22.1 Å². The highest BCUT2D eigenvalue weighted by atomic mass is 14.9. The van der Waals surface area contributed by atoms with Gasteiger partial charge in [0.15, 0.2) is 5.82 Å². The van der Waals surface area contributed by atoms with Crippen LogP contribution in [0.2, 0.25) is 0 Å². The standard InChI is InChI=1S/C57H40N2/c1-57(2)52-31-27-43(34-49(52)50-32-40-22-12-13-23-41(40)35-53(50)57)45-29-30-48(47-25-15-14-24-46(45)47)54-36-55(59-56(58-54)39-20-10-5-11-21-39)51-33-42(37-16-6-3-7-17-37)26-28-44(51)38-18-8-4-9-19-38/h3-36H,1-2H3. The molecule has 0 amide bonds. The topological polar surface area (TPSA) is 25.8 Å². The fourth-order valence-corrected chi connectivity index (χ4v) is 9.25. The van der Waals surface area contributed by atoms with E-state index in [1.165, 1.54) is 55.1 Å². The lowest BCUT2D eigenvalue weighted by Crippen LogP contribution is -2.14. The largest absolute Gasteiger partial charge is 0.228 e. The number of nitrogens with zero attached hydrogens (tertiary/aromatic N) is 2. The molecule has 1 aliphatic carbocycles. The van der Waals surface area contributed by atoms with Crippen molar-refractivity contribution in [2.45, 2.75) is 19.3 Å². The quantitative estimate of drug-likeness (QED) is 0.169. The van der Waals surface area contributed by atoms with Crippen molar-refractivity contribution in [3.05, 3.63) is 217 Å². The van der Waals surface area contributed by atoms with Gasteiger partial charge >= 0.3 is 0 Å². The Morgan fingerprint density at radius 1 is 0.305 bits per heavy atom. The van der Waals surface area contributed by atoms with Crippen LogP contribution in [0.15, 0.2) is 206 Å². The Morgan fingerprint density at radius 3 is 1.53 bits per heavy atom. The van der Waals surface area contributed by atoms with Gasteiger partial charge in [0.2, 0.25) is 0 Å². The fraction of sp³-hybridized carbons (Fsp3) is 0.0526. The molecule has 0 spiro atoms. The maximum atomic E-state index is 5.34. The molecule has 0 aliphatic heterocycles. The van der Waals surface area contributed by atoms with Crippen molar-refractivity contribution >= 4 is 21.5 Å². The molecule has 0 saturated carbocycles. The second kappa shape index (κ2) is 13.9. The van der Waals surface area contributed by atoms with E-state index in [1.54, 1.807) is 0 Å². The molecular weight excluding hydrogens is 713 g/mol. The monoisotopic (exact) mass is 752 g/mol. The predicted octanol–water partition coefficient (Wildman–Crippen LogP) is 15.1. The molecule has 0 fully saturated rings. The molecule has 1 heterocycles. The Balaban J connectivity index is 1.10. The number of hydrogen-bond donors (Lipinski definition) is 0. The van der Waals surface area contributed by atoms with Crippen molar-refractivity contribution in [3.63, 3.8) is 0 Å². The third kappa shape index (κ3) is 5.96. The molecule has 0 unspecified atom stereocenters. The Kier molecular flexibility index (Phi) is 8.20. The van der Waals surface area contributed by atoms with Crippen LogP contribution in [-0.4, -0.2) is 9.97 Å². The number of benzene rings is 9. The van der Waals surface area contributed by atoms with E-state index in [4.69, 9.17) is 9.97 Å². The zero-order chi connectivity index (χ0) is 39.5. The van der Waals surface area contributed by atoms with Gasteiger partial charge in [-0.15, -0.1) is 0 Å². The van der Waals surface area contributed by atoms with E-state index in [0.717, 1.165) is 50.2 Å². The maximum Gasteiger partial charge on any atom is 0.160 e. The van der Waals surface area contributed by atoms with Gasteiger partial charge in [0.25, 0.3) is 0 Å². The SMILES string of the molecule is CC1(C)c2ccc(-c3ccc(-c4cc(-c5cc(-c6ccccc6)ccc5-c5ccccc5)nc(-c5ccccc5)n4)c4ccccc34)cc2-c2cc3ccccc3cc21. The van der Waals surface area contributed by atoms with Crippen LogP contribution in [0.4, 0.5) is 0 Å². The summed E-state index contributed by atoms with van der Waals surface area (Å²) in [6, 6.07) is 74.4. The third-order valence-electron chi connectivity index (χ3n) is 12.3. The van der Waals surface area contributed by atoms with Crippen molar-refractivity contribution in [1.82, 2.24) is 9.97 Å². The first-order chi connectivity index (χ1) is 29.0. The van der Waals surface area contributed by atoms with Gasteiger partial charge in [-0.25, -0.2) is 9.97 Å². The first-order valence-corrected chi connectivity index (χ1v) is 20.4. The normalized spacial score (nSPS) is 12.7. The lowest BCUT2D eigenvalue weighted by atomic mass is 9.81. The number of hydrogen-bond acceptors (Lipinski definition) is 2. The van der Waals surface area contributed by atoms with Gasteiger partial charge in [0.1, 0.15) is 0 Å². The minimum atomic E-state index is -0.0820.